The van der Waals surface area contributed by atoms with Crippen LogP contribution in [0.4, 0.5) is 17.3 Å². The SMILES string of the molecule is Cc1cnc(Nc2ccc(N3CCN(C)CC3)c(Cl)c2)nc1Cc1ccc(Cl)c(CS(=O)(=O)C(C)(C)C)c1. The van der Waals surface area contributed by atoms with E-state index in [1.807, 2.05) is 37.3 Å². The molecule has 0 bridgehead atoms. The number of nitrogens with zero attached hydrogens (tertiary/aromatic N) is 4. The molecule has 0 amide bonds. The summed E-state index contributed by atoms with van der Waals surface area (Å²) < 4.78 is 24.7. The Morgan fingerprint density at radius 1 is 1.00 bits per heavy atom. The first-order valence-corrected chi connectivity index (χ1v) is 15.1. The smallest absolute Gasteiger partial charge is 0.227 e. The monoisotopic (exact) mass is 575 g/mol. The van der Waals surface area contributed by atoms with Crippen molar-refractivity contribution >= 4 is 50.4 Å². The summed E-state index contributed by atoms with van der Waals surface area (Å²) in [6.07, 6.45) is 2.30. The molecule has 1 aliphatic heterocycles. The maximum absolute atomic E-state index is 12.8. The van der Waals surface area contributed by atoms with Crippen LogP contribution in [-0.4, -0.2) is 61.3 Å². The highest BCUT2D eigenvalue weighted by molar-refractivity contribution is 7.91. The zero-order chi connectivity index (χ0) is 27.7. The molecule has 3 aromatic rings. The molecular weight excluding hydrogens is 541 g/mol. The van der Waals surface area contributed by atoms with Crippen molar-refractivity contribution in [3.05, 3.63) is 75.0 Å². The van der Waals surface area contributed by atoms with E-state index in [2.05, 4.69) is 27.1 Å². The maximum Gasteiger partial charge on any atom is 0.227 e. The third-order valence-corrected chi connectivity index (χ3v) is 10.1. The molecule has 1 aromatic heterocycles. The quantitative estimate of drug-likeness (QED) is 0.376. The fourth-order valence-corrected chi connectivity index (χ4v) is 5.84. The van der Waals surface area contributed by atoms with Crippen LogP contribution in [0.25, 0.3) is 0 Å². The van der Waals surface area contributed by atoms with Gasteiger partial charge >= 0.3 is 0 Å². The molecule has 4 rings (SSSR count). The van der Waals surface area contributed by atoms with E-state index in [9.17, 15) is 8.42 Å². The predicted octanol–water partition coefficient (Wildman–Crippen LogP) is 5.89. The minimum atomic E-state index is -3.36. The standard InChI is InChI=1S/C28H35Cl2N5O2S/c1-19-17-31-27(32-22-7-9-26(24(30)16-22)35-12-10-34(5)11-13-35)33-25(19)15-20-6-8-23(29)21(14-20)18-38(36,37)28(2,3)4/h6-9,14,16-17H,10-13,15,18H2,1-5H3,(H,31,32,33). The van der Waals surface area contributed by atoms with E-state index in [1.165, 1.54) is 0 Å². The molecule has 0 unspecified atom stereocenters. The van der Waals surface area contributed by atoms with Gasteiger partial charge in [0.25, 0.3) is 0 Å². The minimum Gasteiger partial charge on any atom is -0.368 e. The van der Waals surface area contributed by atoms with Gasteiger partial charge in [0.1, 0.15) is 0 Å². The fourth-order valence-electron chi connectivity index (χ4n) is 4.20. The first-order valence-electron chi connectivity index (χ1n) is 12.6. The number of likely N-dealkylation sites (N-methyl/N-ethyl adjacent to an activating group) is 1. The summed E-state index contributed by atoms with van der Waals surface area (Å²) in [5.41, 5.74) is 5.15. The molecule has 1 saturated heterocycles. The first kappa shape index (κ1) is 28.6. The van der Waals surface area contributed by atoms with E-state index >= 15 is 0 Å². The highest BCUT2D eigenvalue weighted by atomic mass is 35.5. The van der Waals surface area contributed by atoms with Crippen LogP contribution in [0.2, 0.25) is 10.0 Å². The fraction of sp³-hybridized carbons (Fsp3) is 0.429. The van der Waals surface area contributed by atoms with Gasteiger partial charge in [-0.1, -0.05) is 35.3 Å². The topological polar surface area (TPSA) is 78.4 Å². The van der Waals surface area contributed by atoms with Gasteiger partial charge in [0.2, 0.25) is 5.95 Å². The number of rotatable bonds is 7. The van der Waals surface area contributed by atoms with Crippen molar-refractivity contribution in [3.8, 4) is 0 Å². The molecule has 2 heterocycles. The Balaban J connectivity index is 1.51. The highest BCUT2D eigenvalue weighted by Crippen LogP contribution is 2.31. The molecule has 0 aliphatic carbocycles. The van der Waals surface area contributed by atoms with Crippen LogP contribution in [0, 0.1) is 6.92 Å². The number of nitrogens with one attached hydrogen (secondary N) is 1. The molecular formula is C28H35Cl2N5O2S. The van der Waals surface area contributed by atoms with Crippen LogP contribution >= 0.6 is 23.2 Å². The zero-order valence-corrected chi connectivity index (χ0v) is 24.9. The van der Waals surface area contributed by atoms with Crippen LogP contribution in [0.5, 0.6) is 0 Å². The Kier molecular flexibility index (Phi) is 8.57. The number of piperazine rings is 1. The molecule has 1 fully saturated rings. The summed E-state index contributed by atoms with van der Waals surface area (Å²) in [6, 6.07) is 11.4. The molecule has 2 aromatic carbocycles. The van der Waals surface area contributed by atoms with Crippen molar-refractivity contribution < 1.29 is 8.42 Å². The lowest BCUT2D eigenvalue weighted by atomic mass is 10.0. The molecule has 204 valence electrons. The summed E-state index contributed by atoms with van der Waals surface area (Å²) >= 11 is 13.0. The number of aromatic nitrogens is 2. The Labute approximate surface area is 236 Å². The van der Waals surface area contributed by atoms with Crippen LogP contribution < -0.4 is 10.2 Å². The van der Waals surface area contributed by atoms with Crippen molar-refractivity contribution in [1.29, 1.82) is 0 Å². The molecule has 1 N–H and O–H groups in total. The molecule has 10 heteroatoms. The largest absolute Gasteiger partial charge is 0.368 e. The van der Waals surface area contributed by atoms with Gasteiger partial charge in [0.05, 0.1) is 26.9 Å². The van der Waals surface area contributed by atoms with Crippen molar-refractivity contribution in [1.82, 2.24) is 14.9 Å². The Morgan fingerprint density at radius 3 is 2.37 bits per heavy atom. The first-order chi connectivity index (χ1) is 17.8. The van der Waals surface area contributed by atoms with E-state index in [1.54, 1.807) is 33.0 Å². The number of halogens is 2. The number of hydrogen-bond acceptors (Lipinski definition) is 7. The zero-order valence-electron chi connectivity index (χ0n) is 22.6. The number of anilines is 3. The third kappa shape index (κ3) is 6.78. The van der Waals surface area contributed by atoms with E-state index in [-0.39, 0.29) is 5.75 Å². The van der Waals surface area contributed by atoms with Gasteiger partial charge in [0, 0.05) is 49.5 Å². The average molecular weight is 577 g/mol. The lowest BCUT2D eigenvalue weighted by molar-refractivity contribution is 0.313. The van der Waals surface area contributed by atoms with Gasteiger partial charge in [-0.05, 0) is 75.7 Å². The summed E-state index contributed by atoms with van der Waals surface area (Å²) in [6.45, 7) is 11.0. The molecule has 0 radical (unpaired) electrons. The number of benzene rings is 2. The Bertz CT molecular complexity index is 1420. The number of aryl methyl sites for hydroxylation is 1. The Morgan fingerprint density at radius 2 is 1.71 bits per heavy atom. The number of hydrogen-bond donors (Lipinski definition) is 1. The molecule has 38 heavy (non-hydrogen) atoms. The van der Waals surface area contributed by atoms with Gasteiger partial charge in [-0.25, -0.2) is 18.4 Å². The van der Waals surface area contributed by atoms with E-state index in [0.717, 1.165) is 54.4 Å². The second-order valence-electron chi connectivity index (χ2n) is 10.9. The van der Waals surface area contributed by atoms with Gasteiger partial charge < -0.3 is 15.1 Å². The van der Waals surface area contributed by atoms with Crippen molar-refractivity contribution in [2.45, 2.75) is 44.6 Å². The van der Waals surface area contributed by atoms with Crippen molar-refractivity contribution in [2.24, 2.45) is 0 Å². The van der Waals surface area contributed by atoms with Crippen molar-refractivity contribution in [2.75, 3.05) is 43.4 Å². The summed E-state index contributed by atoms with van der Waals surface area (Å²) in [5.74, 6) is 0.363. The van der Waals surface area contributed by atoms with Crippen molar-refractivity contribution in [3.63, 3.8) is 0 Å². The van der Waals surface area contributed by atoms with Crippen LogP contribution in [0.15, 0.2) is 42.6 Å². The normalized spacial score (nSPS) is 15.1. The molecule has 0 atom stereocenters. The van der Waals surface area contributed by atoms with Gasteiger partial charge in [-0.3, -0.25) is 0 Å². The van der Waals surface area contributed by atoms with Crippen LogP contribution in [0.3, 0.4) is 0 Å². The molecule has 0 saturated carbocycles. The number of sulfone groups is 1. The molecule has 0 spiro atoms. The van der Waals surface area contributed by atoms with E-state index in [4.69, 9.17) is 28.2 Å². The lowest BCUT2D eigenvalue weighted by Gasteiger charge is -2.34. The van der Waals surface area contributed by atoms with Gasteiger partial charge in [-0.2, -0.15) is 0 Å². The molecule has 1 aliphatic rings. The predicted molar refractivity (Wildman–Crippen MR) is 158 cm³/mol. The summed E-state index contributed by atoms with van der Waals surface area (Å²) in [5, 5.41) is 4.40. The third-order valence-electron chi connectivity index (χ3n) is 6.88. The summed E-state index contributed by atoms with van der Waals surface area (Å²) in [7, 11) is -1.23. The van der Waals surface area contributed by atoms with Gasteiger partial charge in [-0.15, -0.1) is 0 Å². The second-order valence-corrected chi connectivity index (χ2v) is 14.4. The average Bonchev–Trinajstić information content (AvgIpc) is 2.83. The van der Waals surface area contributed by atoms with E-state index < -0.39 is 14.6 Å². The second kappa shape index (κ2) is 11.4. The minimum absolute atomic E-state index is 0.108. The summed E-state index contributed by atoms with van der Waals surface area (Å²) in [4.78, 5) is 13.8. The molecule has 7 nitrogen and oxygen atoms in total. The van der Waals surface area contributed by atoms with Crippen LogP contribution in [-0.2, 0) is 22.0 Å². The van der Waals surface area contributed by atoms with E-state index in [0.29, 0.717) is 28.0 Å². The Hall–Kier alpha value is -2.39. The highest BCUT2D eigenvalue weighted by Gasteiger charge is 2.29. The van der Waals surface area contributed by atoms with Crippen LogP contribution in [0.1, 0.15) is 43.2 Å². The van der Waals surface area contributed by atoms with Gasteiger partial charge in [0.15, 0.2) is 9.84 Å². The maximum atomic E-state index is 12.8. The lowest BCUT2D eigenvalue weighted by Crippen LogP contribution is -2.44.